The minimum Gasteiger partial charge on any atom is -0.394 e. The lowest BCUT2D eigenvalue weighted by Crippen LogP contribution is -2.27. The van der Waals surface area contributed by atoms with Gasteiger partial charge in [0.25, 0.3) is 5.56 Å². The summed E-state index contributed by atoms with van der Waals surface area (Å²) in [7, 11) is 1.82. The number of pyridine rings is 2. The van der Waals surface area contributed by atoms with Crippen molar-refractivity contribution in [1.82, 2.24) is 19.3 Å². The largest absolute Gasteiger partial charge is 0.394 e. The van der Waals surface area contributed by atoms with Crippen molar-refractivity contribution in [3.63, 3.8) is 0 Å². The van der Waals surface area contributed by atoms with Crippen LogP contribution in [-0.2, 0) is 7.05 Å². The summed E-state index contributed by atoms with van der Waals surface area (Å²) >= 11 is 5.74. The van der Waals surface area contributed by atoms with E-state index in [0.29, 0.717) is 22.6 Å². The highest BCUT2D eigenvalue weighted by Crippen LogP contribution is 2.24. The van der Waals surface area contributed by atoms with Crippen LogP contribution < -0.4 is 10.9 Å². The molecule has 0 amide bonds. The Hall–Kier alpha value is -3.49. The van der Waals surface area contributed by atoms with Gasteiger partial charge < -0.3 is 15.0 Å². The van der Waals surface area contributed by atoms with E-state index in [1.165, 1.54) is 22.8 Å². The van der Waals surface area contributed by atoms with E-state index in [0.717, 1.165) is 5.82 Å². The monoisotopic (exact) mass is 439 g/mol. The summed E-state index contributed by atoms with van der Waals surface area (Å²) in [6, 6.07) is 13.9. The smallest absolute Gasteiger partial charge is 0.251 e. The molecule has 4 rings (SSSR count). The number of aliphatic hydroxyl groups is 1. The van der Waals surface area contributed by atoms with E-state index in [2.05, 4.69) is 15.4 Å². The van der Waals surface area contributed by atoms with Crippen molar-refractivity contribution in [2.24, 2.45) is 7.05 Å². The molecule has 1 atom stereocenters. The lowest BCUT2D eigenvalue weighted by Gasteiger charge is -2.18. The maximum atomic E-state index is 13.9. The number of benzene rings is 1. The summed E-state index contributed by atoms with van der Waals surface area (Å²) in [5, 5.41) is 17.1. The maximum absolute atomic E-state index is 13.9. The van der Waals surface area contributed by atoms with E-state index in [1.807, 2.05) is 25.2 Å². The molecule has 0 bridgehead atoms. The Bertz CT molecular complexity index is 1290. The Morgan fingerprint density at radius 2 is 2.03 bits per heavy atom. The topological polar surface area (TPSA) is 85.0 Å². The zero-order valence-electron chi connectivity index (χ0n) is 16.5. The van der Waals surface area contributed by atoms with Gasteiger partial charge in [-0.3, -0.25) is 9.48 Å². The molecule has 4 aromatic rings. The number of hydrogen-bond acceptors (Lipinski definition) is 5. The van der Waals surface area contributed by atoms with Gasteiger partial charge in [-0.2, -0.15) is 5.10 Å². The standard InChI is InChI=1S/C22H19ClFN5O2/c1-28-21(7-9-25-28)27-20-4-2-3-18(26-20)14-8-10-29(22(31)12-14)19(13-30)15-5-6-16(23)17(24)11-15/h2-12,19,30H,13H2,1H3,(H,26,27). The van der Waals surface area contributed by atoms with Crippen molar-refractivity contribution in [2.45, 2.75) is 6.04 Å². The van der Waals surface area contributed by atoms with Gasteiger partial charge in [0.2, 0.25) is 0 Å². The van der Waals surface area contributed by atoms with Gasteiger partial charge >= 0.3 is 0 Å². The third-order valence-corrected chi connectivity index (χ3v) is 5.21. The summed E-state index contributed by atoms with van der Waals surface area (Å²) in [5.41, 5.74) is 1.32. The van der Waals surface area contributed by atoms with Gasteiger partial charge in [-0.05, 0) is 35.9 Å². The SMILES string of the molecule is Cn1nccc1Nc1cccc(-c2ccn(C(CO)c3ccc(Cl)c(F)c3)c(=O)c2)n1. The summed E-state index contributed by atoms with van der Waals surface area (Å²) in [5.74, 6) is 0.778. The first-order valence-corrected chi connectivity index (χ1v) is 9.84. The predicted molar refractivity (Wildman–Crippen MR) is 117 cm³/mol. The van der Waals surface area contributed by atoms with E-state index >= 15 is 0 Å². The van der Waals surface area contributed by atoms with Crippen molar-refractivity contribution >= 4 is 23.2 Å². The number of nitrogens with zero attached hydrogens (tertiary/aromatic N) is 4. The third-order valence-electron chi connectivity index (χ3n) is 4.91. The van der Waals surface area contributed by atoms with Crippen LogP contribution in [0.5, 0.6) is 0 Å². The van der Waals surface area contributed by atoms with Gasteiger partial charge in [0.05, 0.1) is 29.6 Å². The molecule has 9 heteroatoms. The first-order valence-electron chi connectivity index (χ1n) is 9.46. The average molecular weight is 440 g/mol. The average Bonchev–Trinajstić information content (AvgIpc) is 3.16. The molecule has 31 heavy (non-hydrogen) atoms. The fourth-order valence-electron chi connectivity index (χ4n) is 3.27. The second kappa shape index (κ2) is 8.71. The second-order valence-electron chi connectivity index (χ2n) is 6.91. The fraction of sp³-hybridized carbons (Fsp3) is 0.136. The molecule has 0 saturated carbocycles. The molecule has 0 aliphatic rings. The highest BCUT2D eigenvalue weighted by atomic mass is 35.5. The number of aromatic nitrogens is 4. The van der Waals surface area contributed by atoms with Crippen LogP contribution >= 0.6 is 11.6 Å². The summed E-state index contributed by atoms with van der Waals surface area (Å²) in [6.45, 7) is -0.372. The number of halogens is 2. The minimum absolute atomic E-state index is 0.0196. The van der Waals surface area contributed by atoms with Gasteiger partial charge in [0.15, 0.2) is 0 Å². The number of hydrogen-bond donors (Lipinski definition) is 2. The molecule has 0 fully saturated rings. The molecule has 2 N–H and O–H groups in total. The molecule has 1 aromatic carbocycles. The molecule has 7 nitrogen and oxygen atoms in total. The maximum Gasteiger partial charge on any atom is 0.251 e. The number of anilines is 2. The van der Waals surface area contributed by atoms with Crippen LogP contribution in [0.15, 0.2) is 71.8 Å². The quantitative estimate of drug-likeness (QED) is 0.478. The van der Waals surface area contributed by atoms with Gasteiger partial charge in [-0.25, -0.2) is 9.37 Å². The molecule has 0 aliphatic heterocycles. The van der Waals surface area contributed by atoms with Crippen molar-refractivity contribution < 1.29 is 9.50 Å². The molecular weight excluding hydrogens is 421 g/mol. The molecule has 0 saturated heterocycles. The number of nitrogens with one attached hydrogen (secondary N) is 1. The first-order chi connectivity index (χ1) is 15.0. The van der Waals surface area contributed by atoms with E-state index in [-0.39, 0.29) is 17.2 Å². The van der Waals surface area contributed by atoms with Crippen LogP contribution in [0, 0.1) is 5.82 Å². The van der Waals surface area contributed by atoms with Crippen LogP contribution in [0.3, 0.4) is 0 Å². The van der Waals surface area contributed by atoms with Crippen molar-refractivity contribution in [3.05, 3.63) is 93.7 Å². The zero-order valence-corrected chi connectivity index (χ0v) is 17.3. The molecule has 3 aromatic heterocycles. The Kier molecular flexibility index (Phi) is 5.83. The molecule has 0 spiro atoms. The first kappa shape index (κ1) is 20.8. The molecule has 3 heterocycles. The van der Waals surface area contributed by atoms with E-state index in [4.69, 9.17) is 11.6 Å². The van der Waals surface area contributed by atoms with Gasteiger partial charge in [-0.15, -0.1) is 0 Å². The highest BCUT2D eigenvalue weighted by Gasteiger charge is 2.16. The van der Waals surface area contributed by atoms with E-state index in [9.17, 15) is 14.3 Å². The highest BCUT2D eigenvalue weighted by molar-refractivity contribution is 6.30. The Labute approximate surface area is 182 Å². The lowest BCUT2D eigenvalue weighted by molar-refractivity contribution is 0.247. The van der Waals surface area contributed by atoms with Crippen LogP contribution in [0.1, 0.15) is 11.6 Å². The van der Waals surface area contributed by atoms with Crippen LogP contribution in [-0.4, -0.2) is 31.0 Å². The number of aliphatic hydroxyl groups excluding tert-OH is 1. The fourth-order valence-corrected chi connectivity index (χ4v) is 3.39. The Morgan fingerprint density at radius 3 is 2.71 bits per heavy atom. The molecule has 0 radical (unpaired) electrons. The van der Waals surface area contributed by atoms with Crippen LogP contribution in [0.4, 0.5) is 16.0 Å². The lowest BCUT2D eigenvalue weighted by atomic mass is 10.1. The minimum atomic E-state index is -0.737. The van der Waals surface area contributed by atoms with Crippen molar-refractivity contribution in [3.8, 4) is 11.3 Å². The van der Waals surface area contributed by atoms with Crippen molar-refractivity contribution in [1.29, 1.82) is 0 Å². The summed E-state index contributed by atoms with van der Waals surface area (Å²) in [6.07, 6.45) is 3.24. The predicted octanol–water partition coefficient (Wildman–Crippen LogP) is 3.76. The summed E-state index contributed by atoms with van der Waals surface area (Å²) < 4.78 is 16.9. The van der Waals surface area contributed by atoms with Gasteiger partial charge in [-0.1, -0.05) is 23.7 Å². The normalized spacial score (nSPS) is 12.0. The second-order valence-corrected chi connectivity index (χ2v) is 7.31. The van der Waals surface area contributed by atoms with Crippen molar-refractivity contribution in [2.75, 3.05) is 11.9 Å². The molecular formula is C22H19ClFN5O2. The molecule has 0 aliphatic carbocycles. The van der Waals surface area contributed by atoms with Gasteiger partial charge in [0, 0.05) is 30.9 Å². The Morgan fingerprint density at radius 1 is 1.19 bits per heavy atom. The van der Waals surface area contributed by atoms with E-state index < -0.39 is 11.9 Å². The molecule has 158 valence electrons. The summed E-state index contributed by atoms with van der Waals surface area (Å²) in [4.78, 5) is 17.4. The van der Waals surface area contributed by atoms with Gasteiger partial charge in [0.1, 0.15) is 17.5 Å². The van der Waals surface area contributed by atoms with Crippen LogP contribution in [0.25, 0.3) is 11.3 Å². The number of aryl methyl sites for hydroxylation is 1. The zero-order chi connectivity index (χ0) is 22.0. The Balaban J connectivity index is 1.64. The third kappa shape index (κ3) is 4.35. The number of rotatable bonds is 6. The molecule has 1 unspecified atom stereocenters. The van der Waals surface area contributed by atoms with Crippen LogP contribution in [0.2, 0.25) is 5.02 Å². The van der Waals surface area contributed by atoms with E-state index in [1.54, 1.807) is 35.3 Å².